The minimum atomic E-state index is 0.197. The van der Waals surface area contributed by atoms with Crippen LogP contribution in [0.1, 0.15) is 24.1 Å². The maximum absolute atomic E-state index is 11.7. The highest BCUT2D eigenvalue weighted by atomic mass is 16.5. The molecule has 0 radical (unpaired) electrons. The van der Waals surface area contributed by atoms with Gasteiger partial charge in [-0.3, -0.25) is 9.78 Å². The fourth-order valence-electron chi connectivity index (χ4n) is 3.71. The van der Waals surface area contributed by atoms with E-state index in [9.17, 15) is 4.79 Å². The molecular weight excluding hydrogens is 432 g/mol. The standard InChI is InChI=1S/C24H24N8O2/c33-19-8-12-32(13-9-19)23-28-22(29-24(30-23)34-14-10-18-5-3-4-11-25-18)31-27-16-17-15-26-21-7-2-1-6-20(17)21/h1-7,11,15-16,26H,8-10,12-14H2,(H,28,29,30,31)/b27-16-. The molecule has 0 unspecified atom stereocenters. The summed E-state index contributed by atoms with van der Waals surface area (Å²) in [5, 5.41) is 5.39. The van der Waals surface area contributed by atoms with Crippen LogP contribution in [0.4, 0.5) is 11.9 Å². The van der Waals surface area contributed by atoms with Crippen molar-refractivity contribution in [3.63, 3.8) is 0 Å². The number of ether oxygens (including phenoxy) is 1. The molecule has 2 N–H and O–H groups in total. The number of H-pyrrole nitrogens is 1. The minimum Gasteiger partial charge on any atom is -0.463 e. The van der Waals surface area contributed by atoms with Crippen LogP contribution < -0.4 is 15.1 Å². The van der Waals surface area contributed by atoms with Gasteiger partial charge in [-0.2, -0.15) is 20.1 Å². The highest BCUT2D eigenvalue weighted by molar-refractivity contribution is 5.99. The van der Waals surface area contributed by atoms with Crippen LogP contribution in [-0.4, -0.2) is 56.6 Å². The van der Waals surface area contributed by atoms with Gasteiger partial charge in [0.05, 0.1) is 12.8 Å². The number of benzene rings is 1. The Labute approximate surface area is 196 Å². The zero-order valence-electron chi connectivity index (χ0n) is 18.5. The monoisotopic (exact) mass is 456 g/mol. The lowest BCUT2D eigenvalue weighted by Crippen LogP contribution is -2.35. The molecule has 4 aromatic rings. The summed E-state index contributed by atoms with van der Waals surface area (Å²) in [5.41, 5.74) is 5.80. The Morgan fingerprint density at radius 3 is 2.79 bits per heavy atom. The zero-order valence-corrected chi connectivity index (χ0v) is 18.5. The first-order chi connectivity index (χ1) is 16.7. The molecule has 1 aromatic carbocycles. The first-order valence-corrected chi connectivity index (χ1v) is 11.2. The number of fused-ring (bicyclic) bond motifs is 1. The van der Waals surface area contributed by atoms with E-state index in [1.807, 2.05) is 53.6 Å². The van der Waals surface area contributed by atoms with Gasteiger partial charge in [0.15, 0.2) is 0 Å². The summed E-state index contributed by atoms with van der Waals surface area (Å²) in [5.74, 6) is 0.977. The van der Waals surface area contributed by atoms with Gasteiger partial charge in [0.1, 0.15) is 5.78 Å². The normalized spacial score (nSPS) is 14.1. The van der Waals surface area contributed by atoms with Crippen molar-refractivity contribution >= 4 is 34.8 Å². The molecule has 1 fully saturated rings. The van der Waals surface area contributed by atoms with Gasteiger partial charge in [0.25, 0.3) is 5.95 Å². The van der Waals surface area contributed by atoms with Crippen molar-refractivity contribution in [1.29, 1.82) is 0 Å². The van der Waals surface area contributed by atoms with E-state index in [1.165, 1.54) is 0 Å². The Kier molecular flexibility index (Phi) is 6.37. The second-order valence-electron chi connectivity index (χ2n) is 7.85. The summed E-state index contributed by atoms with van der Waals surface area (Å²) in [6, 6.07) is 14.0. The summed E-state index contributed by atoms with van der Waals surface area (Å²) in [7, 11) is 0. The van der Waals surface area contributed by atoms with Gasteiger partial charge >= 0.3 is 6.01 Å². The van der Waals surface area contributed by atoms with Gasteiger partial charge in [0.2, 0.25) is 5.95 Å². The molecule has 3 aromatic heterocycles. The molecular formula is C24H24N8O2. The molecule has 34 heavy (non-hydrogen) atoms. The van der Waals surface area contributed by atoms with Crippen molar-refractivity contribution in [2.24, 2.45) is 5.10 Å². The van der Waals surface area contributed by atoms with E-state index >= 15 is 0 Å². The van der Waals surface area contributed by atoms with Gasteiger partial charge in [-0.25, -0.2) is 5.43 Å². The van der Waals surface area contributed by atoms with Crippen LogP contribution in [0.3, 0.4) is 0 Å². The second kappa shape index (κ2) is 10.1. The van der Waals surface area contributed by atoms with Gasteiger partial charge in [-0.15, -0.1) is 0 Å². The summed E-state index contributed by atoms with van der Waals surface area (Å²) >= 11 is 0. The van der Waals surface area contributed by atoms with Crippen LogP contribution in [0.15, 0.2) is 60.0 Å². The average Bonchev–Trinajstić information content (AvgIpc) is 3.28. The lowest BCUT2D eigenvalue weighted by molar-refractivity contribution is -0.119. The van der Waals surface area contributed by atoms with Crippen LogP contribution in [-0.2, 0) is 11.2 Å². The molecule has 0 saturated carbocycles. The lowest BCUT2D eigenvalue weighted by Gasteiger charge is -2.26. The number of Topliss-reactive ketones (excluding diaryl/α,β-unsaturated/α-hetero) is 1. The topological polar surface area (TPSA) is 121 Å². The van der Waals surface area contributed by atoms with Crippen LogP contribution in [0, 0.1) is 0 Å². The predicted molar refractivity (Wildman–Crippen MR) is 129 cm³/mol. The number of rotatable bonds is 8. The van der Waals surface area contributed by atoms with E-state index in [2.05, 4.69) is 35.4 Å². The van der Waals surface area contributed by atoms with Crippen molar-refractivity contribution in [2.75, 3.05) is 30.0 Å². The Bertz CT molecular complexity index is 1290. The number of hydrazone groups is 1. The molecule has 0 amide bonds. The number of anilines is 2. The highest BCUT2D eigenvalue weighted by Crippen LogP contribution is 2.19. The van der Waals surface area contributed by atoms with Crippen molar-refractivity contribution in [1.82, 2.24) is 24.9 Å². The fourth-order valence-corrected chi connectivity index (χ4v) is 3.71. The Morgan fingerprint density at radius 2 is 1.94 bits per heavy atom. The summed E-state index contributed by atoms with van der Waals surface area (Å²) in [6.45, 7) is 1.50. The van der Waals surface area contributed by atoms with E-state index in [-0.39, 0.29) is 17.7 Å². The molecule has 1 aliphatic rings. The van der Waals surface area contributed by atoms with E-state index in [0.717, 1.165) is 22.2 Å². The predicted octanol–water partition coefficient (Wildman–Crippen LogP) is 2.98. The largest absolute Gasteiger partial charge is 0.463 e. The first kappa shape index (κ1) is 21.5. The zero-order chi connectivity index (χ0) is 23.2. The Morgan fingerprint density at radius 1 is 1.09 bits per heavy atom. The minimum absolute atomic E-state index is 0.197. The molecule has 5 rings (SSSR count). The molecule has 10 heteroatoms. The van der Waals surface area contributed by atoms with Gasteiger partial charge in [-0.1, -0.05) is 24.3 Å². The SMILES string of the molecule is O=C1CCN(c2nc(N/N=C\c3c[nH]c4ccccc34)nc(OCCc3ccccn3)n2)CC1. The van der Waals surface area contributed by atoms with Crippen LogP contribution >= 0.6 is 0 Å². The molecule has 1 aliphatic heterocycles. The second-order valence-corrected chi connectivity index (χ2v) is 7.85. The van der Waals surface area contributed by atoms with Crippen molar-refractivity contribution in [2.45, 2.75) is 19.3 Å². The smallest absolute Gasteiger partial charge is 0.323 e. The number of nitrogens with zero attached hydrogens (tertiary/aromatic N) is 6. The van der Waals surface area contributed by atoms with Gasteiger partial charge < -0.3 is 14.6 Å². The number of pyridine rings is 1. The lowest BCUT2D eigenvalue weighted by atomic mass is 10.1. The van der Waals surface area contributed by atoms with Crippen molar-refractivity contribution in [3.05, 3.63) is 66.1 Å². The summed E-state index contributed by atoms with van der Waals surface area (Å²) in [6.07, 6.45) is 6.93. The van der Waals surface area contributed by atoms with E-state index in [1.54, 1.807) is 12.4 Å². The Balaban J connectivity index is 1.32. The molecule has 4 heterocycles. The molecule has 0 bridgehead atoms. The molecule has 172 valence electrons. The average molecular weight is 457 g/mol. The fraction of sp³-hybridized carbons (Fsp3) is 0.250. The molecule has 1 saturated heterocycles. The van der Waals surface area contributed by atoms with E-state index in [0.29, 0.717) is 44.9 Å². The molecule has 0 aliphatic carbocycles. The molecule has 0 spiro atoms. The number of piperidine rings is 1. The third-order valence-electron chi connectivity index (χ3n) is 5.51. The number of carbonyl (C=O) groups excluding carboxylic acids is 1. The van der Waals surface area contributed by atoms with E-state index < -0.39 is 0 Å². The quantitative estimate of drug-likeness (QED) is 0.307. The maximum Gasteiger partial charge on any atom is 0.323 e. The van der Waals surface area contributed by atoms with Crippen molar-refractivity contribution in [3.8, 4) is 6.01 Å². The Hall–Kier alpha value is -4.34. The first-order valence-electron chi connectivity index (χ1n) is 11.2. The number of hydrogen-bond donors (Lipinski definition) is 2. The number of ketones is 1. The van der Waals surface area contributed by atoms with Gasteiger partial charge in [0, 0.05) is 66.9 Å². The maximum atomic E-state index is 11.7. The summed E-state index contributed by atoms with van der Waals surface area (Å²) in [4.78, 5) is 34.5. The van der Waals surface area contributed by atoms with Crippen LogP contribution in [0.25, 0.3) is 10.9 Å². The summed E-state index contributed by atoms with van der Waals surface area (Å²) < 4.78 is 5.82. The van der Waals surface area contributed by atoms with Gasteiger partial charge in [-0.05, 0) is 18.2 Å². The number of nitrogens with one attached hydrogen (secondary N) is 2. The number of para-hydroxylation sites is 1. The number of aromatic nitrogens is 5. The van der Waals surface area contributed by atoms with Crippen molar-refractivity contribution < 1.29 is 9.53 Å². The number of carbonyl (C=O) groups is 1. The third-order valence-corrected chi connectivity index (χ3v) is 5.51. The molecule has 10 nitrogen and oxygen atoms in total. The van der Waals surface area contributed by atoms with Crippen LogP contribution in [0.2, 0.25) is 0 Å². The number of hydrogen-bond acceptors (Lipinski definition) is 9. The molecule has 0 atom stereocenters. The van der Waals surface area contributed by atoms with Crippen LogP contribution in [0.5, 0.6) is 6.01 Å². The highest BCUT2D eigenvalue weighted by Gasteiger charge is 2.20. The third kappa shape index (κ3) is 5.17. The number of aromatic amines is 1. The van der Waals surface area contributed by atoms with E-state index in [4.69, 9.17) is 4.74 Å².